The number of hydrogen-bond donors (Lipinski definition) is 1. The highest BCUT2D eigenvalue weighted by atomic mass is 32.2. The van der Waals surface area contributed by atoms with Crippen LogP contribution in [-0.4, -0.2) is 38.9 Å². The van der Waals surface area contributed by atoms with Gasteiger partial charge in [-0.25, -0.2) is 4.79 Å². The molecule has 1 aliphatic rings. The summed E-state index contributed by atoms with van der Waals surface area (Å²) in [5, 5.41) is 0. The molecule has 1 aliphatic heterocycles. The largest absolute Gasteiger partial charge is 0.465 e. The van der Waals surface area contributed by atoms with Crippen LogP contribution in [0.4, 0.5) is 5.69 Å². The lowest BCUT2D eigenvalue weighted by atomic mass is 10.2. The molecule has 1 saturated heterocycles. The van der Waals surface area contributed by atoms with E-state index in [9.17, 15) is 13.2 Å². The van der Waals surface area contributed by atoms with Gasteiger partial charge < -0.3 is 4.74 Å². The molecule has 0 radical (unpaired) electrons. The van der Waals surface area contributed by atoms with Crippen LogP contribution in [-0.2, 0) is 14.9 Å². The van der Waals surface area contributed by atoms with Gasteiger partial charge in [-0.05, 0) is 25.0 Å². The second-order valence-electron chi connectivity index (χ2n) is 4.25. The zero-order valence-corrected chi connectivity index (χ0v) is 11.4. The molecule has 19 heavy (non-hydrogen) atoms. The normalized spacial score (nSPS) is 16.3. The Morgan fingerprint density at radius 3 is 2.53 bits per heavy atom. The van der Waals surface area contributed by atoms with Gasteiger partial charge in [-0.15, -0.1) is 0 Å². The summed E-state index contributed by atoms with van der Waals surface area (Å²) in [6.45, 7) is 1.02. The van der Waals surface area contributed by atoms with Gasteiger partial charge in [-0.1, -0.05) is 12.1 Å². The molecule has 0 unspecified atom stereocenters. The second kappa shape index (κ2) is 5.58. The number of anilines is 1. The quantitative estimate of drug-likeness (QED) is 0.844. The number of hydrogen-bond acceptors (Lipinski definition) is 4. The summed E-state index contributed by atoms with van der Waals surface area (Å²) >= 11 is 0. The molecule has 0 aliphatic carbocycles. The molecule has 1 N–H and O–H groups in total. The van der Waals surface area contributed by atoms with E-state index in [0.29, 0.717) is 13.1 Å². The maximum Gasteiger partial charge on any atom is 0.339 e. The van der Waals surface area contributed by atoms with Gasteiger partial charge in [0.15, 0.2) is 0 Å². The van der Waals surface area contributed by atoms with Crippen molar-refractivity contribution in [1.29, 1.82) is 0 Å². The summed E-state index contributed by atoms with van der Waals surface area (Å²) in [6, 6.07) is 6.38. The van der Waals surface area contributed by atoms with E-state index < -0.39 is 16.2 Å². The number of ether oxygens (including phenoxy) is 1. The smallest absolute Gasteiger partial charge is 0.339 e. The molecule has 104 valence electrons. The van der Waals surface area contributed by atoms with Gasteiger partial charge in [0.25, 0.3) is 0 Å². The summed E-state index contributed by atoms with van der Waals surface area (Å²) in [4.78, 5) is 11.6. The van der Waals surface area contributed by atoms with E-state index in [1.165, 1.54) is 17.5 Å². The van der Waals surface area contributed by atoms with Crippen molar-refractivity contribution in [3.8, 4) is 0 Å². The van der Waals surface area contributed by atoms with Crippen LogP contribution in [0.15, 0.2) is 24.3 Å². The number of carbonyl (C=O) groups is 1. The number of esters is 1. The van der Waals surface area contributed by atoms with Crippen LogP contribution >= 0.6 is 0 Å². The Balaban J connectivity index is 2.25. The average Bonchev–Trinajstić information content (AvgIpc) is 2.93. The zero-order valence-electron chi connectivity index (χ0n) is 10.6. The lowest BCUT2D eigenvalue weighted by Crippen LogP contribution is -2.33. The molecule has 0 amide bonds. The number of nitrogens with zero attached hydrogens (tertiary/aromatic N) is 1. The van der Waals surface area contributed by atoms with Crippen LogP contribution in [0.25, 0.3) is 0 Å². The maximum absolute atomic E-state index is 12.1. The molecule has 1 aromatic rings. The van der Waals surface area contributed by atoms with Crippen LogP contribution in [0, 0.1) is 0 Å². The highest BCUT2D eigenvalue weighted by Gasteiger charge is 2.26. The van der Waals surface area contributed by atoms with Crippen molar-refractivity contribution in [2.45, 2.75) is 12.8 Å². The monoisotopic (exact) mass is 284 g/mol. The number of rotatable bonds is 4. The number of carbonyl (C=O) groups excluding carboxylic acids is 1. The molecule has 7 heteroatoms. The van der Waals surface area contributed by atoms with Crippen LogP contribution < -0.4 is 4.72 Å². The predicted octanol–water partition coefficient (Wildman–Crippen LogP) is 1.23. The standard InChI is InChI=1S/C12H16N2O4S/c1-18-12(15)10-6-2-3-7-11(10)13-19(16,17)14-8-4-5-9-14/h2-3,6-7,13H,4-5,8-9H2,1H3. The molecule has 0 aromatic heterocycles. The number of nitrogens with one attached hydrogen (secondary N) is 1. The van der Waals surface area contributed by atoms with Gasteiger partial charge in [0.05, 0.1) is 18.4 Å². The van der Waals surface area contributed by atoms with Gasteiger partial charge in [0, 0.05) is 13.1 Å². The fourth-order valence-electron chi connectivity index (χ4n) is 1.99. The summed E-state index contributed by atoms with van der Waals surface area (Å²) in [5.74, 6) is -0.570. The Kier molecular flexibility index (Phi) is 4.06. The molecule has 0 bridgehead atoms. The van der Waals surface area contributed by atoms with Gasteiger partial charge in [0.1, 0.15) is 0 Å². The van der Waals surface area contributed by atoms with Crippen molar-refractivity contribution in [2.24, 2.45) is 0 Å². The second-order valence-corrected chi connectivity index (χ2v) is 5.92. The minimum Gasteiger partial charge on any atom is -0.465 e. The van der Waals surface area contributed by atoms with E-state index in [4.69, 9.17) is 0 Å². The number of benzene rings is 1. The molecule has 0 atom stereocenters. The molecular formula is C12H16N2O4S. The Morgan fingerprint density at radius 2 is 1.89 bits per heavy atom. The third kappa shape index (κ3) is 3.05. The van der Waals surface area contributed by atoms with E-state index >= 15 is 0 Å². The summed E-state index contributed by atoms with van der Waals surface area (Å²) < 4.78 is 32.7. The Bertz CT molecular complexity index is 565. The van der Waals surface area contributed by atoms with Crippen LogP contribution in [0.1, 0.15) is 23.2 Å². The highest BCUT2D eigenvalue weighted by molar-refractivity contribution is 7.90. The average molecular weight is 284 g/mol. The molecule has 0 spiro atoms. The van der Waals surface area contributed by atoms with Crippen molar-refractivity contribution in [2.75, 3.05) is 24.9 Å². The van der Waals surface area contributed by atoms with E-state index in [-0.39, 0.29) is 11.3 Å². The van der Waals surface area contributed by atoms with Crippen molar-refractivity contribution in [3.63, 3.8) is 0 Å². The lowest BCUT2D eigenvalue weighted by Gasteiger charge is -2.18. The summed E-state index contributed by atoms with van der Waals surface area (Å²) in [5.41, 5.74) is 0.439. The van der Waals surface area contributed by atoms with Gasteiger partial charge in [-0.2, -0.15) is 12.7 Å². The fourth-order valence-corrected chi connectivity index (χ4v) is 3.32. The molecular weight excluding hydrogens is 268 g/mol. The van der Waals surface area contributed by atoms with E-state index in [1.807, 2.05) is 0 Å². The molecule has 1 heterocycles. The van der Waals surface area contributed by atoms with Crippen molar-refractivity contribution in [1.82, 2.24) is 4.31 Å². The molecule has 0 saturated carbocycles. The van der Waals surface area contributed by atoms with Gasteiger partial charge in [0.2, 0.25) is 0 Å². The van der Waals surface area contributed by atoms with Crippen LogP contribution in [0.3, 0.4) is 0 Å². The van der Waals surface area contributed by atoms with Gasteiger partial charge in [-0.3, -0.25) is 4.72 Å². The third-order valence-electron chi connectivity index (χ3n) is 2.98. The molecule has 1 fully saturated rings. The summed E-state index contributed by atoms with van der Waals surface area (Å²) in [7, 11) is -2.34. The first-order valence-electron chi connectivity index (χ1n) is 6.00. The van der Waals surface area contributed by atoms with Crippen molar-refractivity contribution in [3.05, 3.63) is 29.8 Å². The first-order chi connectivity index (χ1) is 9.04. The highest BCUT2D eigenvalue weighted by Crippen LogP contribution is 2.20. The lowest BCUT2D eigenvalue weighted by molar-refractivity contribution is 0.0602. The maximum atomic E-state index is 12.1. The van der Waals surface area contributed by atoms with E-state index in [1.54, 1.807) is 18.2 Å². The van der Waals surface area contributed by atoms with Crippen molar-refractivity contribution >= 4 is 21.9 Å². The first kappa shape index (κ1) is 13.8. The fraction of sp³-hybridized carbons (Fsp3) is 0.417. The van der Waals surface area contributed by atoms with E-state index in [0.717, 1.165) is 12.8 Å². The van der Waals surface area contributed by atoms with E-state index in [2.05, 4.69) is 9.46 Å². The van der Waals surface area contributed by atoms with Gasteiger partial charge >= 0.3 is 16.2 Å². The molecule has 6 nitrogen and oxygen atoms in total. The Hall–Kier alpha value is -1.60. The van der Waals surface area contributed by atoms with Crippen LogP contribution in [0.2, 0.25) is 0 Å². The molecule has 2 rings (SSSR count). The van der Waals surface area contributed by atoms with Crippen LogP contribution in [0.5, 0.6) is 0 Å². The Morgan fingerprint density at radius 1 is 1.26 bits per heavy atom. The minimum absolute atomic E-state index is 0.202. The van der Waals surface area contributed by atoms with Crippen molar-refractivity contribution < 1.29 is 17.9 Å². The number of para-hydroxylation sites is 1. The first-order valence-corrected chi connectivity index (χ1v) is 7.44. The Labute approximate surface area is 112 Å². The third-order valence-corrected chi connectivity index (χ3v) is 4.50. The minimum atomic E-state index is -3.60. The topological polar surface area (TPSA) is 75.7 Å². The SMILES string of the molecule is COC(=O)c1ccccc1NS(=O)(=O)N1CCCC1. The zero-order chi connectivity index (χ0) is 13.9. The predicted molar refractivity (Wildman–Crippen MR) is 71.1 cm³/mol. The number of methoxy groups -OCH3 is 1. The molecule has 1 aromatic carbocycles. The summed E-state index contributed by atoms with van der Waals surface area (Å²) in [6.07, 6.45) is 1.72.